The van der Waals surface area contributed by atoms with Crippen LogP contribution < -0.4 is 9.47 Å². The number of hydrogen-bond acceptors (Lipinski definition) is 5. The van der Waals surface area contributed by atoms with Gasteiger partial charge in [0, 0.05) is 34.6 Å². The summed E-state index contributed by atoms with van der Waals surface area (Å²) in [6.07, 6.45) is 2.02. The average Bonchev–Trinajstić information content (AvgIpc) is 3.30. The van der Waals surface area contributed by atoms with Crippen molar-refractivity contribution < 1.29 is 19.1 Å². The summed E-state index contributed by atoms with van der Waals surface area (Å²) >= 11 is 0. The zero-order valence-corrected chi connectivity index (χ0v) is 20.4. The summed E-state index contributed by atoms with van der Waals surface area (Å²) in [5.41, 5.74) is 4.86. The van der Waals surface area contributed by atoms with Crippen LogP contribution in [-0.2, 0) is 29.2 Å². The van der Waals surface area contributed by atoms with Gasteiger partial charge in [0.25, 0.3) is 5.91 Å². The lowest BCUT2D eigenvalue weighted by Gasteiger charge is -2.40. The van der Waals surface area contributed by atoms with E-state index in [-0.39, 0.29) is 18.4 Å². The third-order valence-electron chi connectivity index (χ3n) is 6.94. The Morgan fingerprint density at radius 1 is 1.03 bits per heavy atom. The highest BCUT2D eigenvalue weighted by atomic mass is 16.5. The van der Waals surface area contributed by atoms with E-state index in [9.17, 15) is 9.59 Å². The second-order valence-electron chi connectivity index (χ2n) is 9.19. The number of piperazine rings is 1. The highest BCUT2D eigenvalue weighted by Gasteiger charge is 2.43. The third-order valence-corrected chi connectivity index (χ3v) is 6.94. The monoisotopic (exact) mass is 494 g/mol. The SMILES string of the molecule is COc1cc(OCc2ccccc2)ccc1/C=N\N1CC(=O)N2Cc3[nH]c4ccccc4c3C[C@@H]2C1=O. The molecule has 3 aromatic carbocycles. The summed E-state index contributed by atoms with van der Waals surface area (Å²) in [5.74, 6) is 0.915. The van der Waals surface area contributed by atoms with Crippen molar-refractivity contribution in [2.45, 2.75) is 25.6 Å². The number of carbonyl (C=O) groups excluding carboxylic acids is 2. The molecule has 2 aliphatic heterocycles. The third kappa shape index (κ3) is 4.31. The zero-order chi connectivity index (χ0) is 25.4. The molecule has 4 aromatic rings. The number of hydrazone groups is 1. The zero-order valence-electron chi connectivity index (χ0n) is 20.4. The Morgan fingerprint density at radius 2 is 1.84 bits per heavy atom. The fourth-order valence-corrected chi connectivity index (χ4v) is 5.02. The van der Waals surface area contributed by atoms with Crippen LogP contribution in [0.4, 0.5) is 0 Å². The Balaban J connectivity index is 1.19. The number of hydrogen-bond donors (Lipinski definition) is 1. The molecule has 0 radical (unpaired) electrons. The normalized spacial score (nSPS) is 17.3. The molecule has 2 amide bonds. The van der Waals surface area contributed by atoms with Crippen LogP contribution in [0.5, 0.6) is 11.5 Å². The van der Waals surface area contributed by atoms with Crippen LogP contribution in [0, 0.1) is 0 Å². The number of fused-ring (bicyclic) bond motifs is 4. The molecule has 1 N–H and O–H groups in total. The molecule has 6 rings (SSSR count). The predicted octanol–water partition coefficient (Wildman–Crippen LogP) is 3.89. The van der Waals surface area contributed by atoms with Gasteiger partial charge in [-0.15, -0.1) is 0 Å². The molecular formula is C29H26N4O4. The second kappa shape index (κ2) is 9.46. The molecule has 0 saturated carbocycles. The van der Waals surface area contributed by atoms with Gasteiger partial charge in [0.15, 0.2) is 0 Å². The lowest BCUT2D eigenvalue weighted by atomic mass is 9.94. The highest BCUT2D eigenvalue weighted by molar-refractivity contribution is 5.97. The van der Waals surface area contributed by atoms with Crippen LogP contribution in [0.3, 0.4) is 0 Å². The maximum Gasteiger partial charge on any atom is 0.266 e. The summed E-state index contributed by atoms with van der Waals surface area (Å²) in [4.78, 5) is 31.4. The van der Waals surface area contributed by atoms with Gasteiger partial charge in [0.1, 0.15) is 30.7 Å². The average molecular weight is 495 g/mol. The maximum absolute atomic E-state index is 13.4. The van der Waals surface area contributed by atoms with Crippen molar-refractivity contribution in [3.05, 3.63) is 95.2 Å². The first-order valence-corrected chi connectivity index (χ1v) is 12.2. The van der Waals surface area contributed by atoms with Crippen molar-refractivity contribution in [1.82, 2.24) is 14.9 Å². The van der Waals surface area contributed by atoms with Crippen LogP contribution in [-0.4, -0.2) is 52.6 Å². The lowest BCUT2D eigenvalue weighted by Crippen LogP contribution is -2.60. The summed E-state index contributed by atoms with van der Waals surface area (Å²) in [7, 11) is 1.57. The molecule has 0 spiro atoms. The van der Waals surface area contributed by atoms with E-state index in [0.29, 0.717) is 36.6 Å². The summed E-state index contributed by atoms with van der Waals surface area (Å²) < 4.78 is 11.4. The molecule has 0 unspecified atom stereocenters. The predicted molar refractivity (Wildman–Crippen MR) is 139 cm³/mol. The van der Waals surface area contributed by atoms with Gasteiger partial charge in [0.2, 0.25) is 5.91 Å². The minimum Gasteiger partial charge on any atom is -0.496 e. The van der Waals surface area contributed by atoms with Crippen molar-refractivity contribution in [2.24, 2.45) is 5.10 Å². The largest absolute Gasteiger partial charge is 0.496 e. The molecule has 1 saturated heterocycles. The summed E-state index contributed by atoms with van der Waals surface area (Å²) in [5, 5.41) is 6.76. The van der Waals surface area contributed by atoms with E-state index in [1.807, 2.05) is 66.7 Å². The van der Waals surface area contributed by atoms with E-state index in [4.69, 9.17) is 9.47 Å². The smallest absolute Gasteiger partial charge is 0.266 e. The molecular weight excluding hydrogens is 468 g/mol. The van der Waals surface area contributed by atoms with E-state index in [2.05, 4.69) is 10.1 Å². The number of H-pyrrole nitrogens is 1. The number of amides is 2. The standard InChI is InChI=1S/C29H26N4O4/c1-36-27-13-21(37-18-19-7-3-2-4-8-19)12-11-20(27)15-30-33-17-28(34)32-16-25-23(14-26(32)29(33)35)22-9-5-6-10-24(22)31-25/h2-13,15,26,31H,14,16-18H2,1H3/b30-15-/t26-/m1/s1. The number of methoxy groups -OCH3 is 1. The number of carbonyl (C=O) groups is 2. The van der Waals surface area contributed by atoms with Crippen molar-refractivity contribution in [2.75, 3.05) is 13.7 Å². The molecule has 37 heavy (non-hydrogen) atoms. The molecule has 1 fully saturated rings. The first-order valence-electron chi connectivity index (χ1n) is 12.2. The van der Waals surface area contributed by atoms with Crippen molar-refractivity contribution >= 4 is 28.9 Å². The number of nitrogens with one attached hydrogen (secondary N) is 1. The summed E-state index contributed by atoms with van der Waals surface area (Å²) in [6.45, 7) is 0.745. The molecule has 1 aromatic heterocycles. The van der Waals surface area contributed by atoms with Crippen molar-refractivity contribution in [3.8, 4) is 11.5 Å². The Bertz CT molecular complexity index is 1510. The quantitative estimate of drug-likeness (QED) is 0.412. The Morgan fingerprint density at radius 3 is 2.68 bits per heavy atom. The topological polar surface area (TPSA) is 87.2 Å². The number of aromatic amines is 1. The molecule has 1 atom stereocenters. The fourth-order valence-electron chi connectivity index (χ4n) is 5.02. The van der Waals surface area contributed by atoms with Gasteiger partial charge in [0.05, 0.1) is 19.9 Å². The van der Waals surface area contributed by atoms with Crippen LogP contribution in [0.25, 0.3) is 10.9 Å². The summed E-state index contributed by atoms with van der Waals surface area (Å²) in [6, 6.07) is 22.8. The van der Waals surface area contributed by atoms with Crippen molar-refractivity contribution in [3.63, 3.8) is 0 Å². The van der Waals surface area contributed by atoms with E-state index >= 15 is 0 Å². The fraction of sp³-hybridized carbons (Fsp3) is 0.207. The van der Waals surface area contributed by atoms with Crippen molar-refractivity contribution in [1.29, 1.82) is 0 Å². The number of para-hydroxylation sites is 1. The van der Waals surface area contributed by atoms with E-state index in [0.717, 1.165) is 27.7 Å². The van der Waals surface area contributed by atoms with Gasteiger partial charge in [-0.2, -0.15) is 5.10 Å². The Labute approximate surface area is 214 Å². The minimum absolute atomic E-state index is 0.0953. The van der Waals surface area contributed by atoms with E-state index < -0.39 is 6.04 Å². The van der Waals surface area contributed by atoms with E-state index in [1.54, 1.807) is 24.3 Å². The van der Waals surface area contributed by atoms with Gasteiger partial charge in [-0.1, -0.05) is 48.5 Å². The number of aromatic nitrogens is 1. The van der Waals surface area contributed by atoms with Gasteiger partial charge in [-0.3, -0.25) is 9.59 Å². The van der Waals surface area contributed by atoms with Gasteiger partial charge in [-0.05, 0) is 29.3 Å². The van der Waals surface area contributed by atoms with Gasteiger partial charge < -0.3 is 19.4 Å². The van der Waals surface area contributed by atoms with Gasteiger partial charge in [-0.25, -0.2) is 5.01 Å². The molecule has 0 aliphatic carbocycles. The molecule has 0 bridgehead atoms. The number of benzene rings is 3. The number of rotatable bonds is 6. The van der Waals surface area contributed by atoms with Crippen LogP contribution in [0.15, 0.2) is 77.9 Å². The minimum atomic E-state index is -0.569. The van der Waals surface area contributed by atoms with Crippen LogP contribution >= 0.6 is 0 Å². The molecule has 186 valence electrons. The lowest BCUT2D eigenvalue weighted by molar-refractivity contribution is -0.157. The number of ether oxygens (including phenoxy) is 2. The molecule has 2 aliphatic rings. The first kappa shape index (κ1) is 22.8. The van der Waals surface area contributed by atoms with Crippen LogP contribution in [0.1, 0.15) is 22.4 Å². The highest BCUT2D eigenvalue weighted by Crippen LogP contribution is 2.32. The van der Waals surface area contributed by atoms with Crippen LogP contribution in [0.2, 0.25) is 0 Å². The molecule has 8 nitrogen and oxygen atoms in total. The van der Waals surface area contributed by atoms with Gasteiger partial charge >= 0.3 is 0 Å². The second-order valence-corrected chi connectivity index (χ2v) is 9.19. The number of nitrogens with zero attached hydrogens (tertiary/aromatic N) is 3. The first-order chi connectivity index (χ1) is 18.1. The molecule has 8 heteroatoms. The van der Waals surface area contributed by atoms with E-state index in [1.165, 1.54) is 5.01 Å². The Kier molecular flexibility index (Phi) is 5.84. The maximum atomic E-state index is 13.4. The molecule has 3 heterocycles. The Hall–Kier alpha value is -4.59.